The van der Waals surface area contributed by atoms with E-state index in [1.165, 1.54) is 0 Å². The highest BCUT2D eigenvalue weighted by Crippen LogP contribution is 2.33. The van der Waals surface area contributed by atoms with Crippen LogP contribution in [0.15, 0.2) is 24.3 Å². The van der Waals surface area contributed by atoms with Crippen LogP contribution in [0.5, 0.6) is 0 Å². The van der Waals surface area contributed by atoms with Gasteiger partial charge in [-0.15, -0.1) is 0 Å². The average Bonchev–Trinajstić information content (AvgIpc) is 2.29. The van der Waals surface area contributed by atoms with Crippen LogP contribution in [0.1, 0.15) is 42.6 Å². The van der Waals surface area contributed by atoms with E-state index in [9.17, 15) is 10.2 Å². The van der Waals surface area contributed by atoms with E-state index >= 15 is 0 Å². The minimum atomic E-state index is -0.395. The Morgan fingerprint density at radius 1 is 0.923 bits per heavy atom. The van der Waals surface area contributed by atoms with Gasteiger partial charge in [-0.05, 0) is 30.4 Å². The minimum absolute atomic E-state index is 0.395. The molecule has 0 amide bonds. The average molecular weight is 178 g/mol. The maximum Gasteiger partial charge on any atom is 0.0793 e. The molecule has 0 radical (unpaired) electrons. The molecule has 1 aliphatic rings. The van der Waals surface area contributed by atoms with Crippen molar-refractivity contribution in [2.24, 2.45) is 0 Å². The number of hydrogen-bond donors (Lipinski definition) is 2. The predicted octanol–water partition coefficient (Wildman–Crippen LogP) is 1.94. The van der Waals surface area contributed by atoms with Crippen LogP contribution in [0.25, 0.3) is 0 Å². The maximum absolute atomic E-state index is 9.75. The molecule has 70 valence electrons. The molecule has 0 fully saturated rings. The third-order valence-corrected chi connectivity index (χ3v) is 2.67. The highest BCUT2D eigenvalue weighted by atomic mass is 16.3. The zero-order valence-corrected chi connectivity index (χ0v) is 7.48. The molecule has 1 aromatic rings. The summed E-state index contributed by atoms with van der Waals surface area (Å²) < 4.78 is 0. The molecule has 0 aromatic heterocycles. The molecule has 1 aliphatic carbocycles. The molecular formula is C11H14O2. The number of aliphatic hydroxyl groups excluding tert-OH is 2. The number of benzene rings is 1. The van der Waals surface area contributed by atoms with Crippen LogP contribution in [0.3, 0.4) is 0 Å². The summed E-state index contributed by atoms with van der Waals surface area (Å²) in [4.78, 5) is 0. The predicted molar refractivity (Wildman–Crippen MR) is 50.2 cm³/mol. The van der Waals surface area contributed by atoms with Gasteiger partial charge in [-0.2, -0.15) is 0 Å². The van der Waals surface area contributed by atoms with E-state index in [1.807, 2.05) is 24.3 Å². The molecule has 0 saturated carbocycles. The van der Waals surface area contributed by atoms with E-state index in [4.69, 9.17) is 0 Å². The zero-order chi connectivity index (χ0) is 9.26. The van der Waals surface area contributed by atoms with Crippen LogP contribution >= 0.6 is 0 Å². The van der Waals surface area contributed by atoms with Crippen LogP contribution in [-0.2, 0) is 0 Å². The number of aliphatic hydroxyl groups is 2. The maximum atomic E-state index is 9.75. The Bertz CT molecular complexity index is 267. The van der Waals surface area contributed by atoms with E-state index < -0.39 is 12.2 Å². The van der Waals surface area contributed by atoms with Gasteiger partial charge >= 0.3 is 0 Å². The van der Waals surface area contributed by atoms with Crippen LogP contribution in [0.2, 0.25) is 0 Å². The van der Waals surface area contributed by atoms with Crippen LogP contribution < -0.4 is 0 Å². The van der Waals surface area contributed by atoms with Crippen molar-refractivity contribution < 1.29 is 10.2 Å². The molecule has 2 heteroatoms. The molecule has 0 aliphatic heterocycles. The third kappa shape index (κ3) is 1.60. The van der Waals surface area contributed by atoms with E-state index in [1.54, 1.807) is 0 Å². The van der Waals surface area contributed by atoms with Crippen molar-refractivity contribution in [3.8, 4) is 0 Å². The van der Waals surface area contributed by atoms with Crippen molar-refractivity contribution in [1.29, 1.82) is 0 Å². The van der Waals surface area contributed by atoms with Crippen molar-refractivity contribution in [2.75, 3.05) is 0 Å². The standard InChI is InChI=1S/C11H14O2/c12-10-6-3-7-11(13)9-5-2-1-4-8(9)10/h1-2,4-5,10-13H,3,6-7H2. The molecule has 0 heterocycles. The highest BCUT2D eigenvalue weighted by Gasteiger charge is 2.20. The van der Waals surface area contributed by atoms with Crippen LogP contribution in [0, 0.1) is 0 Å². The molecule has 2 rings (SSSR count). The molecule has 2 N–H and O–H groups in total. The van der Waals surface area contributed by atoms with E-state index in [2.05, 4.69) is 0 Å². The Hall–Kier alpha value is -0.860. The lowest BCUT2D eigenvalue weighted by atomic mass is 10.00. The smallest absolute Gasteiger partial charge is 0.0793 e. The van der Waals surface area contributed by atoms with Crippen molar-refractivity contribution in [2.45, 2.75) is 31.5 Å². The summed E-state index contributed by atoms with van der Waals surface area (Å²) in [6.07, 6.45) is 1.61. The summed E-state index contributed by atoms with van der Waals surface area (Å²) in [5.41, 5.74) is 1.79. The molecule has 0 bridgehead atoms. The van der Waals surface area contributed by atoms with Gasteiger partial charge in [0, 0.05) is 0 Å². The van der Waals surface area contributed by atoms with Gasteiger partial charge in [0.15, 0.2) is 0 Å². The summed E-state index contributed by atoms with van der Waals surface area (Å²) in [6, 6.07) is 7.60. The molecule has 2 unspecified atom stereocenters. The monoisotopic (exact) mass is 178 g/mol. The topological polar surface area (TPSA) is 40.5 Å². The molecule has 13 heavy (non-hydrogen) atoms. The van der Waals surface area contributed by atoms with Gasteiger partial charge in [0.25, 0.3) is 0 Å². The summed E-state index contributed by atoms with van der Waals surface area (Å²) in [5, 5.41) is 19.5. The quantitative estimate of drug-likeness (QED) is 0.596. The number of fused-ring (bicyclic) bond motifs is 1. The van der Waals surface area contributed by atoms with Crippen molar-refractivity contribution in [3.05, 3.63) is 35.4 Å². The van der Waals surface area contributed by atoms with Crippen LogP contribution in [0.4, 0.5) is 0 Å². The first-order valence-corrected chi connectivity index (χ1v) is 4.74. The summed E-state index contributed by atoms with van der Waals surface area (Å²) in [7, 11) is 0. The number of hydrogen-bond acceptors (Lipinski definition) is 2. The van der Waals surface area contributed by atoms with Gasteiger partial charge in [0.1, 0.15) is 0 Å². The Kier molecular flexibility index (Phi) is 2.34. The minimum Gasteiger partial charge on any atom is -0.388 e. The van der Waals surface area contributed by atoms with Gasteiger partial charge in [-0.3, -0.25) is 0 Å². The first-order chi connectivity index (χ1) is 6.29. The molecule has 0 saturated heterocycles. The lowest BCUT2D eigenvalue weighted by Crippen LogP contribution is -2.01. The van der Waals surface area contributed by atoms with E-state index in [0.29, 0.717) is 0 Å². The van der Waals surface area contributed by atoms with Crippen LogP contribution in [-0.4, -0.2) is 10.2 Å². The highest BCUT2D eigenvalue weighted by molar-refractivity contribution is 5.31. The van der Waals surface area contributed by atoms with Gasteiger partial charge in [-0.1, -0.05) is 24.3 Å². The lowest BCUT2D eigenvalue weighted by Gasteiger charge is -2.13. The fourth-order valence-corrected chi connectivity index (χ4v) is 1.93. The molecule has 1 aromatic carbocycles. The second-order valence-corrected chi connectivity index (χ2v) is 3.59. The third-order valence-electron chi connectivity index (χ3n) is 2.67. The van der Waals surface area contributed by atoms with E-state index in [0.717, 1.165) is 30.4 Å². The number of rotatable bonds is 0. The summed E-state index contributed by atoms with van der Waals surface area (Å²) >= 11 is 0. The second kappa shape index (κ2) is 3.48. The Morgan fingerprint density at radius 3 is 1.85 bits per heavy atom. The summed E-state index contributed by atoms with van der Waals surface area (Å²) in [5.74, 6) is 0. The van der Waals surface area contributed by atoms with Crippen molar-refractivity contribution in [3.63, 3.8) is 0 Å². The van der Waals surface area contributed by atoms with Gasteiger partial charge < -0.3 is 10.2 Å². The largest absolute Gasteiger partial charge is 0.388 e. The van der Waals surface area contributed by atoms with Gasteiger partial charge in [0.2, 0.25) is 0 Å². The van der Waals surface area contributed by atoms with Crippen molar-refractivity contribution in [1.82, 2.24) is 0 Å². The molecular weight excluding hydrogens is 164 g/mol. The fourth-order valence-electron chi connectivity index (χ4n) is 1.93. The normalized spacial score (nSPS) is 27.8. The lowest BCUT2D eigenvalue weighted by molar-refractivity contribution is 0.159. The Labute approximate surface area is 77.8 Å². The first-order valence-electron chi connectivity index (χ1n) is 4.74. The molecule has 0 spiro atoms. The first kappa shape index (κ1) is 8.73. The van der Waals surface area contributed by atoms with Crippen molar-refractivity contribution >= 4 is 0 Å². The fraction of sp³-hybridized carbons (Fsp3) is 0.455. The van der Waals surface area contributed by atoms with Gasteiger partial charge in [-0.25, -0.2) is 0 Å². The Balaban J connectivity index is 2.45. The van der Waals surface area contributed by atoms with Gasteiger partial charge in [0.05, 0.1) is 12.2 Å². The SMILES string of the molecule is OC1CCCC(O)c2ccccc21. The Morgan fingerprint density at radius 2 is 1.38 bits per heavy atom. The molecule has 2 atom stereocenters. The van der Waals surface area contributed by atoms with E-state index in [-0.39, 0.29) is 0 Å². The summed E-state index contributed by atoms with van der Waals surface area (Å²) in [6.45, 7) is 0. The second-order valence-electron chi connectivity index (χ2n) is 3.59. The zero-order valence-electron chi connectivity index (χ0n) is 7.48. The molecule has 2 nitrogen and oxygen atoms in total.